The number of Topliss-reactive ketones (excluding diaryl/α,β-unsaturated/α-hetero) is 1. The molecule has 0 bridgehead atoms. The van der Waals surface area contributed by atoms with Crippen molar-refractivity contribution in [3.8, 4) is 0 Å². The number of nitrogens with zero attached hydrogens (tertiary/aromatic N) is 1. The molecule has 2 aromatic rings. The molecule has 0 saturated heterocycles. The van der Waals surface area contributed by atoms with Gasteiger partial charge in [0.2, 0.25) is 0 Å². The van der Waals surface area contributed by atoms with Gasteiger partial charge in [-0.2, -0.15) is 0 Å². The van der Waals surface area contributed by atoms with Gasteiger partial charge in [-0.05, 0) is 52.4 Å². The number of halogens is 1. The average molecular weight is 323 g/mol. The van der Waals surface area contributed by atoms with Crippen LogP contribution in [0.1, 0.15) is 15.9 Å². The lowest BCUT2D eigenvalue weighted by atomic mass is 10.0. The zero-order chi connectivity index (χ0) is 11.4. The molecule has 0 aliphatic heterocycles. The van der Waals surface area contributed by atoms with Crippen molar-refractivity contribution in [2.24, 2.45) is 0 Å². The topological polar surface area (TPSA) is 30.0 Å². The standard InChI is InChI=1S/C13H10INO/c14-12-3-1-11(2-4-12)13(16)9-10-5-7-15-8-6-10/h1-8H,9H2. The summed E-state index contributed by atoms with van der Waals surface area (Å²) < 4.78 is 1.14. The van der Waals surface area contributed by atoms with Crippen LogP contribution in [0.3, 0.4) is 0 Å². The summed E-state index contributed by atoms with van der Waals surface area (Å²) in [5.74, 6) is 0.141. The van der Waals surface area contributed by atoms with Crippen molar-refractivity contribution in [1.29, 1.82) is 0 Å². The van der Waals surface area contributed by atoms with E-state index < -0.39 is 0 Å². The minimum absolute atomic E-state index is 0.141. The number of rotatable bonds is 3. The third-order valence-corrected chi connectivity index (χ3v) is 3.00. The first kappa shape index (κ1) is 11.3. The van der Waals surface area contributed by atoms with E-state index in [9.17, 15) is 4.79 Å². The van der Waals surface area contributed by atoms with Gasteiger partial charge in [-0.1, -0.05) is 12.1 Å². The molecule has 0 spiro atoms. The van der Waals surface area contributed by atoms with Crippen LogP contribution in [0.5, 0.6) is 0 Å². The van der Waals surface area contributed by atoms with Crippen LogP contribution in [0.4, 0.5) is 0 Å². The van der Waals surface area contributed by atoms with Gasteiger partial charge in [-0.3, -0.25) is 9.78 Å². The van der Waals surface area contributed by atoms with E-state index in [0.29, 0.717) is 6.42 Å². The second-order valence-electron chi connectivity index (χ2n) is 3.46. The van der Waals surface area contributed by atoms with Gasteiger partial charge in [-0.15, -0.1) is 0 Å². The molecule has 2 rings (SSSR count). The number of aromatic nitrogens is 1. The van der Waals surface area contributed by atoms with Gasteiger partial charge >= 0.3 is 0 Å². The van der Waals surface area contributed by atoms with E-state index >= 15 is 0 Å². The van der Waals surface area contributed by atoms with Crippen LogP contribution in [-0.4, -0.2) is 10.8 Å². The minimum Gasteiger partial charge on any atom is -0.294 e. The average Bonchev–Trinajstić information content (AvgIpc) is 2.31. The molecule has 0 radical (unpaired) electrons. The summed E-state index contributed by atoms with van der Waals surface area (Å²) in [5.41, 5.74) is 1.76. The number of benzene rings is 1. The Bertz CT molecular complexity index is 479. The number of carbonyl (C=O) groups excluding carboxylic acids is 1. The molecule has 3 heteroatoms. The highest BCUT2D eigenvalue weighted by Gasteiger charge is 2.06. The lowest BCUT2D eigenvalue weighted by molar-refractivity contribution is 0.0993. The van der Waals surface area contributed by atoms with Gasteiger partial charge in [0.05, 0.1) is 0 Å². The third-order valence-electron chi connectivity index (χ3n) is 2.28. The SMILES string of the molecule is O=C(Cc1ccncc1)c1ccc(I)cc1. The molecule has 0 amide bonds. The lowest BCUT2D eigenvalue weighted by Gasteiger charge is -2.01. The molecule has 0 fully saturated rings. The van der Waals surface area contributed by atoms with Crippen molar-refractivity contribution in [2.75, 3.05) is 0 Å². The molecule has 1 aromatic heterocycles. The smallest absolute Gasteiger partial charge is 0.167 e. The normalized spacial score (nSPS) is 10.1. The number of hydrogen-bond acceptors (Lipinski definition) is 2. The van der Waals surface area contributed by atoms with Crippen LogP contribution in [0.25, 0.3) is 0 Å². The van der Waals surface area contributed by atoms with Crippen LogP contribution in [-0.2, 0) is 6.42 Å². The van der Waals surface area contributed by atoms with Crippen LogP contribution < -0.4 is 0 Å². The molecule has 80 valence electrons. The molecule has 2 nitrogen and oxygen atoms in total. The second-order valence-corrected chi connectivity index (χ2v) is 4.71. The van der Waals surface area contributed by atoms with Gasteiger partial charge < -0.3 is 0 Å². The highest BCUT2D eigenvalue weighted by Crippen LogP contribution is 2.10. The summed E-state index contributed by atoms with van der Waals surface area (Å²) in [5, 5.41) is 0. The van der Waals surface area contributed by atoms with Crippen molar-refractivity contribution in [3.05, 3.63) is 63.5 Å². The maximum atomic E-state index is 11.9. The molecule has 0 aliphatic rings. The summed E-state index contributed by atoms with van der Waals surface area (Å²) in [4.78, 5) is 15.8. The Kier molecular flexibility index (Phi) is 3.66. The highest BCUT2D eigenvalue weighted by atomic mass is 127. The summed E-state index contributed by atoms with van der Waals surface area (Å²) >= 11 is 2.22. The number of pyridine rings is 1. The van der Waals surface area contributed by atoms with Crippen molar-refractivity contribution in [2.45, 2.75) is 6.42 Å². The van der Waals surface area contributed by atoms with E-state index in [2.05, 4.69) is 27.6 Å². The lowest BCUT2D eigenvalue weighted by Crippen LogP contribution is -2.03. The Labute approximate surface area is 108 Å². The summed E-state index contributed by atoms with van der Waals surface area (Å²) in [7, 11) is 0. The maximum Gasteiger partial charge on any atom is 0.167 e. The van der Waals surface area contributed by atoms with Gasteiger partial charge in [0.15, 0.2) is 5.78 Å². The van der Waals surface area contributed by atoms with Crippen molar-refractivity contribution >= 4 is 28.4 Å². The van der Waals surface area contributed by atoms with E-state index in [1.54, 1.807) is 12.4 Å². The van der Waals surface area contributed by atoms with Gasteiger partial charge in [0, 0.05) is 27.9 Å². The molecule has 1 aromatic carbocycles. The number of hydrogen-bond donors (Lipinski definition) is 0. The Hall–Kier alpha value is -1.23. The first-order valence-electron chi connectivity index (χ1n) is 4.93. The minimum atomic E-state index is 0.141. The number of carbonyl (C=O) groups is 1. The largest absolute Gasteiger partial charge is 0.294 e. The summed E-state index contributed by atoms with van der Waals surface area (Å²) in [6, 6.07) is 11.4. The monoisotopic (exact) mass is 323 g/mol. The quantitative estimate of drug-likeness (QED) is 0.642. The van der Waals surface area contributed by atoms with Crippen LogP contribution >= 0.6 is 22.6 Å². The second kappa shape index (κ2) is 5.21. The van der Waals surface area contributed by atoms with Crippen LogP contribution in [0.15, 0.2) is 48.8 Å². The van der Waals surface area contributed by atoms with E-state index in [1.807, 2.05) is 36.4 Å². The summed E-state index contributed by atoms with van der Waals surface area (Å²) in [6.07, 6.45) is 3.84. The van der Waals surface area contributed by atoms with E-state index in [0.717, 1.165) is 14.7 Å². The molecule has 0 atom stereocenters. The molecule has 1 heterocycles. The molecule has 0 aliphatic carbocycles. The van der Waals surface area contributed by atoms with E-state index in [1.165, 1.54) is 0 Å². The first-order chi connectivity index (χ1) is 7.75. The molecule has 0 N–H and O–H groups in total. The fraction of sp³-hybridized carbons (Fsp3) is 0.0769. The zero-order valence-electron chi connectivity index (χ0n) is 8.56. The highest BCUT2D eigenvalue weighted by molar-refractivity contribution is 14.1. The number of ketones is 1. The molecule has 0 saturated carbocycles. The fourth-order valence-corrected chi connectivity index (χ4v) is 1.78. The Morgan fingerprint density at radius 3 is 2.31 bits per heavy atom. The first-order valence-corrected chi connectivity index (χ1v) is 6.01. The fourth-order valence-electron chi connectivity index (χ4n) is 1.42. The Morgan fingerprint density at radius 2 is 1.69 bits per heavy atom. The maximum absolute atomic E-state index is 11.9. The molecule has 16 heavy (non-hydrogen) atoms. The Morgan fingerprint density at radius 1 is 1.06 bits per heavy atom. The summed E-state index contributed by atoms with van der Waals surface area (Å²) in [6.45, 7) is 0. The third kappa shape index (κ3) is 2.88. The molecular formula is C13H10INO. The van der Waals surface area contributed by atoms with Crippen molar-refractivity contribution in [3.63, 3.8) is 0 Å². The van der Waals surface area contributed by atoms with Crippen molar-refractivity contribution < 1.29 is 4.79 Å². The van der Waals surface area contributed by atoms with Crippen LogP contribution in [0.2, 0.25) is 0 Å². The zero-order valence-corrected chi connectivity index (χ0v) is 10.7. The van der Waals surface area contributed by atoms with E-state index in [4.69, 9.17) is 0 Å². The van der Waals surface area contributed by atoms with Gasteiger partial charge in [-0.25, -0.2) is 0 Å². The molecular weight excluding hydrogens is 313 g/mol. The van der Waals surface area contributed by atoms with Gasteiger partial charge in [0.25, 0.3) is 0 Å². The predicted octanol–water partition coefficient (Wildman–Crippen LogP) is 3.11. The van der Waals surface area contributed by atoms with Crippen LogP contribution in [0, 0.1) is 3.57 Å². The van der Waals surface area contributed by atoms with Gasteiger partial charge in [0.1, 0.15) is 0 Å². The van der Waals surface area contributed by atoms with E-state index in [-0.39, 0.29) is 5.78 Å². The van der Waals surface area contributed by atoms with Crippen molar-refractivity contribution in [1.82, 2.24) is 4.98 Å². The molecule has 0 unspecified atom stereocenters. The Balaban J connectivity index is 2.12. The predicted molar refractivity (Wildman–Crippen MR) is 71.4 cm³/mol.